The maximum atomic E-state index is 12.0. The molecule has 1 amide bonds. The zero-order valence-electron chi connectivity index (χ0n) is 15.0. The van der Waals surface area contributed by atoms with Gasteiger partial charge in [-0.1, -0.05) is 20.8 Å². The largest absolute Gasteiger partial charge is 0.302 e. The van der Waals surface area contributed by atoms with Crippen LogP contribution in [0.2, 0.25) is 0 Å². The Kier molecular flexibility index (Phi) is 4.17. The third-order valence-electron chi connectivity index (χ3n) is 5.15. The Morgan fingerprint density at radius 1 is 1.30 bits per heavy atom. The van der Waals surface area contributed by atoms with E-state index in [0.29, 0.717) is 12.3 Å². The fraction of sp³-hybridized carbons (Fsp3) is 0.722. The van der Waals surface area contributed by atoms with Crippen LogP contribution >= 0.6 is 0 Å². The monoisotopic (exact) mass is 316 g/mol. The summed E-state index contributed by atoms with van der Waals surface area (Å²) in [5, 5.41) is 0. The molecule has 0 radical (unpaired) electrons. The number of carbonyl (C=O) groups excluding carboxylic acids is 1. The van der Waals surface area contributed by atoms with Crippen LogP contribution in [0.4, 0.5) is 5.82 Å². The highest BCUT2D eigenvalue weighted by Gasteiger charge is 2.38. The number of anilines is 1. The highest BCUT2D eigenvalue weighted by molar-refractivity contribution is 5.99. The van der Waals surface area contributed by atoms with Gasteiger partial charge in [0.25, 0.3) is 0 Å². The first-order valence-electron chi connectivity index (χ1n) is 8.67. The molecular weight excluding hydrogens is 288 g/mol. The number of fused-ring (bicyclic) bond motifs is 1. The summed E-state index contributed by atoms with van der Waals surface area (Å²) in [7, 11) is 1.82. The number of likely N-dealkylation sites (N-methyl/N-ethyl adjacent to an activating group) is 1. The lowest BCUT2D eigenvalue weighted by molar-refractivity contribution is -0.117. The molecule has 5 heteroatoms. The van der Waals surface area contributed by atoms with Crippen molar-refractivity contribution in [3.05, 3.63) is 17.1 Å². The van der Waals surface area contributed by atoms with Crippen LogP contribution in [-0.2, 0) is 16.6 Å². The van der Waals surface area contributed by atoms with Crippen molar-refractivity contribution in [3.63, 3.8) is 0 Å². The third kappa shape index (κ3) is 2.99. The van der Waals surface area contributed by atoms with E-state index in [9.17, 15) is 4.79 Å². The second kappa shape index (κ2) is 5.86. The molecule has 5 nitrogen and oxygen atoms in total. The van der Waals surface area contributed by atoms with Crippen molar-refractivity contribution in [2.75, 3.05) is 31.6 Å². The quantitative estimate of drug-likeness (QED) is 0.858. The van der Waals surface area contributed by atoms with E-state index in [1.165, 1.54) is 6.42 Å². The van der Waals surface area contributed by atoms with Crippen molar-refractivity contribution >= 4 is 11.7 Å². The number of carbonyl (C=O) groups is 1. The summed E-state index contributed by atoms with van der Waals surface area (Å²) < 4.78 is 0. The summed E-state index contributed by atoms with van der Waals surface area (Å²) in [6.45, 7) is 12.1. The van der Waals surface area contributed by atoms with Gasteiger partial charge in [0.2, 0.25) is 5.91 Å². The van der Waals surface area contributed by atoms with Crippen molar-refractivity contribution in [1.29, 1.82) is 0 Å². The average molecular weight is 316 g/mol. The lowest BCUT2D eigenvalue weighted by Crippen LogP contribution is -2.46. The molecule has 0 spiro atoms. The number of hydrogen-bond donors (Lipinski definition) is 0. The number of aromatic nitrogens is 2. The molecule has 0 aromatic carbocycles. The van der Waals surface area contributed by atoms with Crippen LogP contribution in [0.25, 0.3) is 0 Å². The van der Waals surface area contributed by atoms with Crippen LogP contribution in [0.5, 0.6) is 0 Å². The number of piperidine rings is 1. The summed E-state index contributed by atoms with van der Waals surface area (Å²) in [5.74, 6) is 2.51. The van der Waals surface area contributed by atoms with E-state index in [2.05, 4.69) is 25.7 Å². The van der Waals surface area contributed by atoms with Crippen molar-refractivity contribution in [3.8, 4) is 0 Å². The first kappa shape index (κ1) is 16.4. The Morgan fingerprint density at radius 2 is 2.04 bits per heavy atom. The van der Waals surface area contributed by atoms with Crippen LogP contribution in [0.3, 0.4) is 0 Å². The Morgan fingerprint density at radius 3 is 2.74 bits per heavy atom. The molecule has 0 unspecified atom stereocenters. The van der Waals surface area contributed by atoms with E-state index >= 15 is 0 Å². The lowest BCUT2D eigenvalue weighted by Gasteiger charge is -2.40. The van der Waals surface area contributed by atoms with E-state index in [4.69, 9.17) is 9.97 Å². The molecule has 2 aliphatic rings. The maximum absolute atomic E-state index is 12.0. The number of nitrogens with zero attached hydrogens (tertiary/aromatic N) is 4. The summed E-state index contributed by atoms with van der Waals surface area (Å²) in [5.41, 5.74) is 1.93. The van der Waals surface area contributed by atoms with Crippen LogP contribution in [0.1, 0.15) is 50.7 Å². The number of amides is 1. The van der Waals surface area contributed by atoms with Gasteiger partial charge >= 0.3 is 0 Å². The zero-order valence-corrected chi connectivity index (χ0v) is 15.0. The minimum absolute atomic E-state index is 0.0284. The van der Waals surface area contributed by atoms with Crippen LogP contribution < -0.4 is 4.90 Å². The molecule has 2 aliphatic heterocycles. The van der Waals surface area contributed by atoms with E-state index < -0.39 is 0 Å². The van der Waals surface area contributed by atoms with Crippen molar-refractivity contribution in [2.45, 2.75) is 52.4 Å². The van der Waals surface area contributed by atoms with Gasteiger partial charge in [-0.25, -0.2) is 9.97 Å². The van der Waals surface area contributed by atoms with Gasteiger partial charge in [-0.05, 0) is 32.2 Å². The smallest absolute Gasteiger partial charge is 0.232 e. The number of aryl methyl sites for hydroxylation is 1. The average Bonchev–Trinajstić information content (AvgIpc) is 2.75. The van der Waals surface area contributed by atoms with Crippen molar-refractivity contribution in [1.82, 2.24) is 14.9 Å². The highest BCUT2D eigenvalue weighted by atomic mass is 16.2. The van der Waals surface area contributed by atoms with Crippen LogP contribution in [-0.4, -0.2) is 47.5 Å². The van der Waals surface area contributed by atoms with E-state index in [-0.39, 0.29) is 11.3 Å². The minimum atomic E-state index is -0.0284. The van der Waals surface area contributed by atoms with Gasteiger partial charge in [0.15, 0.2) is 0 Å². The number of likely N-dealkylation sites (tertiary alicyclic amines) is 1. The first-order valence-corrected chi connectivity index (χ1v) is 8.67. The molecule has 3 heterocycles. The topological polar surface area (TPSA) is 49.3 Å². The van der Waals surface area contributed by atoms with Gasteiger partial charge in [0.1, 0.15) is 11.6 Å². The molecule has 1 saturated heterocycles. The Balaban J connectivity index is 1.92. The molecule has 126 valence electrons. The highest BCUT2D eigenvalue weighted by Crippen LogP contribution is 2.35. The number of rotatable bonds is 3. The molecule has 1 fully saturated rings. The Hall–Kier alpha value is -1.49. The number of hydrogen-bond acceptors (Lipinski definition) is 4. The second-order valence-electron chi connectivity index (χ2n) is 7.86. The molecule has 23 heavy (non-hydrogen) atoms. The normalized spacial score (nSPS) is 25.3. The summed E-state index contributed by atoms with van der Waals surface area (Å²) in [6.07, 6.45) is 2.73. The van der Waals surface area contributed by atoms with Crippen LogP contribution in [0, 0.1) is 12.8 Å². The Bertz CT molecular complexity index is 628. The molecule has 1 aromatic rings. The van der Waals surface area contributed by atoms with Gasteiger partial charge in [-0.3, -0.25) is 9.69 Å². The van der Waals surface area contributed by atoms with Gasteiger partial charge in [0.05, 0.1) is 6.42 Å². The SMILES string of the molecule is Cc1nc([C@]2(C)CCCN(CC(C)C)C2)nc2c1CC(=O)N2C. The molecule has 1 atom stereocenters. The van der Waals surface area contributed by atoms with Gasteiger partial charge in [-0.15, -0.1) is 0 Å². The predicted molar refractivity (Wildman–Crippen MR) is 91.7 cm³/mol. The van der Waals surface area contributed by atoms with E-state index in [1.807, 2.05) is 14.0 Å². The van der Waals surface area contributed by atoms with Crippen molar-refractivity contribution < 1.29 is 4.79 Å². The van der Waals surface area contributed by atoms with Gasteiger partial charge in [0, 0.05) is 36.8 Å². The lowest BCUT2D eigenvalue weighted by atomic mass is 9.80. The summed E-state index contributed by atoms with van der Waals surface area (Å²) in [4.78, 5) is 25.8. The molecule has 1 aromatic heterocycles. The standard InChI is InChI=1S/C18H28N4O/c1-12(2)10-22-8-6-7-18(4,11-22)17-19-13(3)14-9-15(23)21(5)16(14)20-17/h12H,6-11H2,1-5H3/t18-/m1/s1. The first-order chi connectivity index (χ1) is 10.8. The third-order valence-corrected chi connectivity index (χ3v) is 5.15. The molecule has 0 N–H and O–H groups in total. The zero-order chi connectivity index (χ0) is 16.8. The fourth-order valence-electron chi connectivity index (χ4n) is 3.92. The van der Waals surface area contributed by atoms with Crippen molar-refractivity contribution in [2.24, 2.45) is 5.92 Å². The molecular formula is C18H28N4O. The molecule has 0 saturated carbocycles. The summed E-state index contributed by atoms with van der Waals surface area (Å²) >= 11 is 0. The minimum Gasteiger partial charge on any atom is -0.302 e. The predicted octanol–water partition coefficient (Wildman–Crippen LogP) is 2.31. The molecule has 0 aliphatic carbocycles. The second-order valence-corrected chi connectivity index (χ2v) is 7.86. The maximum Gasteiger partial charge on any atom is 0.232 e. The Labute approximate surface area is 139 Å². The van der Waals surface area contributed by atoms with Crippen LogP contribution in [0.15, 0.2) is 0 Å². The molecule has 3 rings (SSSR count). The summed E-state index contributed by atoms with van der Waals surface area (Å²) in [6, 6.07) is 0. The van der Waals surface area contributed by atoms with Gasteiger partial charge in [-0.2, -0.15) is 0 Å². The fourth-order valence-corrected chi connectivity index (χ4v) is 3.92. The van der Waals surface area contributed by atoms with E-state index in [0.717, 1.165) is 49.0 Å². The van der Waals surface area contributed by atoms with E-state index in [1.54, 1.807) is 4.90 Å². The van der Waals surface area contributed by atoms with Gasteiger partial charge < -0.3 is 4.90 Å². The molecule has 0 bridgehead atoms.